The molecule has 82 valence electrons. The van der Waals surface area contributed by atoms with Crippen molar-refractivity contribution in [3.8, 4) is 0 Å². The van der Waals surface area contributed by atoms with Gasteiger partial charge in [0.1, 0.15) is 6.26 Å². The number of hydrogen-bond donors (Lipinski definition) is 0. The lowest BCUT2D eigenvalue weighted by Gasteiger charge is -2.09. The minimum atomic E-state index is -1.10. The minimum absolute atomic E-state index is 0.0478. The normalized spacial score (nSPS) is 14.5. The average molecular weight is 220 g/mol. The van der Waals surface area contributed by atoms with Gasteiger partial charge in [0.15, 0.2) is 5.75 Å². The maximum absolute atomic E-state index is 11.2. The Bertz CT molecular complexity index is 205. The zero-order valence-electron chi connectivity index (χ0n) is 8.74. The molecule has 0 fully saturated rings. The molecule has 0 aromatic carbocycles. The first-order valence-corrected chi connectivity index (χ1v) is 6.40. The summed E-state index contributed by atoms with van der Waals surface area (Å²) in [5.74, 6) is -1.35. The van der Waals surface area contributed by atoms with Crippen LogP contribution in [0.2, 0.25) is 0 Å². The quantitative estimate of drug-likeness (QED) is 0.448. The molecule has 0 aromatic heterocycles. The second-order valence-electron chi connectivity index (χ2n) is 3.19. The van der Waals surface area contributed by atoms with E-state index in [1.165, 1.54) is 0 Å². The van der Waals surface area contributed by atoms with Gasteiger partial charge in [-0.25, -0.2) is 0 Å². The molecule has 0 aliphatic rings. The van der Waals surface area contributed by atoms with Gasteiger partial charge in [0.2, 0.25) is 5.94 Å². The molecule has 0 amide bonds. The number of rotatable bonds is 6. The van der Waals surface area contributed by atoms with E-state index in [9.17, 15) is 14.7 Å². The largest absolute Gasteiger partial charge is 0.545 e. The van der Waals surface area contributed by atoms with Gasteiger partial charge in [0.05, 0.1) is 11.9 Å². The molecule has 4 nitrogen and oxygen atoms in total. The van der Waals surface area contributed by atoms with E-state index in [0.29, 0.717) is 0 Å². The lowest BCUT2D eigenvalue weighted by molar-refractivity contribution is -0.301. The number of carboxylic acid groups (broad SMARTS) is 1. The van der Waals surface area contributed by atoms with Crippen LogP contribution in [0.1, 0.15) is 20.3 Å². The van der Waals surface area contributed by atoms with E-state index in [4.69, 9.17) is 4.74 Å². The van der Waals surface area contributed by atoms with Crippen molar-refractivity contribution in [2.75, 3.05) is 17.9 Å². The monoisotopic (exact) mass is 220 g/mol. The summed E-state index contributed by atoms with van der Waals surface area (Å²) in [7, 11) is -0.444. The van der Waals surface area contributed by atoms with Crippen LogP contribution in [0, 0.1) is 5.92 Å². The molecule has 0 bridgehead atoms. The van der Waals surface area contributed by atoms with Gasteiger partial charge in [-0.05, 0) is 6.42 Å². The molecule has 5 heteroatoms. The van der Waals surface area contributed by atoms with Crippen molar-refractivity contribution < 1.29 is 19.4 Å². The van der Waals surface area contributed by atoms with E-state index in [-0.39, 0.29) is 23.6 Å². The molecule has 0 radical (unpaired) electrons. The molecule has 0 N–H and O–H groups in total. The van der Waals surface area contributed by atoms with Crippen molar-refractivity contribution in [1.29, 1.82) is 0 Å². The topological polar surface area (TPSA) is 66.4 Å². The number of esters is 1. The van der Waals surface area contributed by atoms with Crippen molar-refractivity contribution in [1.82, 2.24) is 0 Å². The van der Waals surface area contributed by atoms with Crippen LogP contribution in [0.5, 0.6) is 0 Å². The van der Waals surface area contributed by atoms with Gasteiger partial charge in [-0.3, -0.25) is 4.79 Å². The van der Waals surface area contributed by atoms with Gasteiger partial charge >= 0.3 is 5.97 Å². The second kappa shape index (κ2) is 6.70. The van der Waals surface area contributed by atoms with Crippen molar-refractivity contribution in [3.63, 3.8) is 0 Å². The van der Waals surface area contributed by atoms with Crippen molar-refractivity contribution in [3.05, 3.63) is 0 Å². The van der Waals surface area contributed by atoms with Crippen LogP contribution in [0.15, 0.2) is 0 Å². The van der Waals surface area contributed by atoms with Gasteiger partial charge in [-0.2, -0.15) is 0 Å². The van der Waals surface area contributed by atoms with Gasteiger partial charge < -0.3 is 14.6 Å². The third-order valence-electron chi connectivity index (χ3n) is 1.78. The highest BCUT2D eigenvalue weighted by Gasteiger charge is 2.17. The molecule has 0 aliphatic heterocycles. The first-order chi connectivity index (χ1) is 6.47. The summed E-state index contributed by atoms with van der Waals surface area (Å²) in [5.41, 5.74) is 0. The summed E-state index contributed by atoms with van der Waals surface area (Å²) in [4.78, 5) is 21.4. The van der Waals surface area contributed by atoms with Gasteiger partial charge in [-0.15, -0.1) is 0 Å². The summed E-state index contributed by atoms with van der Waals surface area (Å²) >= 11 is 0. The van der Waals surface area contributed by atoms with E-state index >= 15 is 0 Å². The van der Waals surface area contributed by atoms with Crippen LogP contribution in [0.4, 0.5) is 0 Å². The first kappa shape index (κ1) is 13.3. The minimum Gasteiger partial charge on any atom is -0.545 e. The van der Waals surface area contributed by atoms with Crippen LogP contribution in [0.3, 0.4) is 0 Å². The number of carboxylic acids is 1. The van der Waals surface area contributed by atoms with E-state index in [0.717, 1.165) is 6.42 Å². The van der Waals surface area contributed by atoms with Gasteiger partial charge in [0, 0.05) is 10.9 Å². The highest BCUT2D eigenvalue weighted by Crippen LogP contribution is 2.04. The zero-order valence-corrected chi connectivity index (χ0v) is 9.56. The first-order valence-electron chi connectivity index (χ1n) is 4.43. The van der Waals surface area contributed by atoms with E-state index in [1.54, 1.807) is 13.2 Å². The number of carbonyl (C=O) groups excluding carboxylic acids is 2. The molecule has 14 heavy (non-hydrogen) atoms. The summed E-state index contributed by atoms with van der Waals surface area (Å²) in [6.07, 6.45) is 2.47. The standard InChI is InChI=1S/C9H16O4S/c1-4-7(2)9(12)13-6-14(3)5-8(10)11/h7H,4-6H2,1-3H3. The predicted octanol–water partition coefficient (Wildman–Crippen LogP) is -0.469. The predicted molar refractivity (Wildman–Crippen MR) is 53.6 cm³/mol. The van der Waals surface area contributed by atoms with Crippen LogP contribution < -0.4 is 5.11 Å². The van der Waals surface area contributed by atoms with Crippen LogP contribution in [-0.4, -0.2) is 29.9 Å². The molecule has 0 heterocycles. The Morgan fingerprint density at radius 2 is 2.07 bits per heavy atom. The van der Waals surface area contributed by atoms with E-state index in [2.05, 4.69) is 0 Å². The van der Waals surface area contributed by atoms with Crippen molar-refractivity contribution in [2.45, 2.75) is 20.3 Å². The van der Waals surface area contributed by atoms with Gasteiger partial charge in [0.25, 0.3) is 0 Å². The van der Waals surface area contributed by atoms with E-state index < -0.39 is 16.9 Å². The fourth-order valence-electron chi connectivity index (χ4n) is 0.710. The third kappa shape index (κ3) is 5.85. The Morgan fingerprint density at radius 1 is 1.50 bits per heavy atom. The van der Waals surface area contributed by atoms with Crippen LogP contribution in [0.25, 0.3) is 0 Å². The lowest BCUT2D eigenvalue weighted by Crippen LogP contribution is -2.32. The summed E-state index contributed by atoms with van der Waals surface area (Å²) in [5, 5.41) is 10.2. The Balaban J connectivity index is 3.71. The van der Waals surface area contributed by atoms with Crippen molar-refractivity contribution in [2.24, 2.45) is 5.92 Å². The fourth-order valence-corrected chi connectivity index (χ4v) is 1.51. The van der Waals surface area contributed by atoms with E-state index in [1.807, 2.05) is 6.92 Å². The highest BCUT2D eigenvalue weighted by atomic mass is 32.2. The lowest BCUT2D eigenvalue weighted by atomic mass is 10.1. The number of ether oxygens (including phenoxy) is 1. The molecule has 0 rings (SSSR count). The average Bonchev–Trinajstić information content (AvgIpc) is 2.11. The maximum atomic E-state index is 11.2. The molecular weight excluding hydrogens is 204 g/mol. The van der Waals surface area contributed by atoms with Crippen molar-refractivity contribution >= 4 is 22.8 Å². The molecule has 0 aliphatic carbocycles. The Hall–Kier alpha value is -0.710. The molecule has 0 saturated heterocycles. The fraction of sp³-hybridized carbons (Fsp3) is 0.778. The van der Waals surface area contributed by atoms with Crippen LogP contribution >= 0.6 is 0 Å². The zero-order chi connectivity index (χ0) is 11.1. The second-order valence-corrected chi connectivity index (χ2v) is 5.28. The summed E-state index contributed by atoms with van der Waals surface area (Å²) in [6.45, 7) is 3.69. The van der Waals surface area contributed by atoms with Gasteiger partial charge in [-0.1, -0.05) is 13.8 Å². The smallest absolute Gasteiger partial charge is 0.312 e. The Kier molecular flexibility index (Phi) is 6.36. The molecule has 0 aromatic rings. The number of aliphatic carboxylic acids is 1. The third-order valence-corrected chi connectivity index (χ3v) is 3.03. The Morgan fingerprint density at radius 3 is 2.50 bits per heavy atom. The summed E-state index contributed by atoms with van der Waals surface area (Å²) in [6, 6.07) is 0. The number of hydrogen-bond acceptors (Lipinski definition) is 4. The Labute approximate surface area is 87.0 Å². The summed E-state index contributed by atoms with van der Waals surface area (Å²) < 4.78 is 4.94. The molecule has 2 atom stereocenters. The van der Waals surface area contributed by atoms with Crippen LogP contribution in [-0.2, 0) is 25.2 Å². The highest BCUT2D eigenvalue weighted by molar-refractivity contribution is 7.96. The molecule has 0 saturated carbocycles. The molecular formula is C9H16O4S. The number of carbonyl (C=O) groups is 2. The maximum Gasteiger partial charge on any atom is 0.312 e. The SMILES string of the molecule is CCC(C)C(=O)OC[S+](C)CC(=O)[O-]. The molecule has 2 unspecified atom stereocenters. The molecule has 0 spiro atoms.